The summed E-state index contributed by atoms with van der Waals surface area (Å²) in [6.07, 6.45) is 0. The summed E-state index contributed by atoms with van der Waals surface area (Å²) in [5.41, 5.74) is 0. The van der Waals surface area contributed by atoms with Crippen LogP contribution in [-0.4, -0.2) is 25.8 Å². The first kappa shape index (κ1) is 24.0. The van der Waals surface area contributed by atoms with Gasteiger partial charge in [-0.1, -0.05) is 0 Å². The Balaban J connectivity index is 0. The summed E-state index contributed by atoms with van der Waals surface area (Å²) in [6.45, 7) is 0. The summed E-state index contributed by atoms with van der Waals surface area (Å²) in [6, 6.07) is 0. The summed E-state index contributed by atoms with van der Waals surface area (Å²) in [7, 11) is 0. The van der Waals surface area contributed by atoms with Gasteiger partial charge in [0.25, 0.3) is 0 Å². The molecule has 0 aliphatic carbocycles. The molecule has 0 spiro atoms. The predicted octanol–water partition coefficient (Wildman–Crippen LogP) is -1.19. The average molecular weight is 604 g/mol. The van der Waals surface area contributed by atoms with Crippen molar-refractivity contribution in [3.63, 3.8) is 0 Å². The average Bonchev–Trinajstić information content (AvgIpc) is 0. The van der Waals surface area contributed by atoms with Crippen LogP contribution in [0.3, 0.4) is 0 Å². The monoisotopic (exact) mass is 604 g/mol. The molecule has 4 heteroatoms. The van der Waals surface area contributed by atoms with Gasteiger partial charge >= 0.3 is 25.8 Å². The standard InChI is InChI=1S/Ce.Ho.In.Ta.3H. The first-order chi connectivity index (χ1) is 0. The fourth-order valence-electron chi connectivity index (χ4n) is 0. The van der Waals surface area contributed by atoms with Crippen LogP contribution in [0.15, 0.2) is 0 Å². The van der Waals surface area contributed by atoms with Crippen molar-refractivity contribution in [1.82, 2.24) is 0 Å². The maximum atomic E-state index is 0. The van der Waals surface area contributed by atoms with Gasteiger partial charge in [0.05, 0.1) is 0 Å². The number of hydrogen-bond acceptors (Lipinski definition) is 0. The van der Waals surface area contributed by atoms with Crippen LogP contribution in [0.2, 0.25) is 0 Å². The molecule has 0 aliphatic rings. The molecule has 2 radical (unpaired) electrons. The van der Waals surface area contributed by atoms with E-state index in [-0.39, 0.29) is 128 Å². The molecule has 0 rings (SSSR count). The van der Waals surface area contributed by atoms with Crippen molar-refractivity contribution in [3.05, 3.63) is 0 Å². The van der Waals surface area contributed by atoms with Crippen LogP contribution < -0.4 is 0 Å². The molecule has 0 bridgehead atoms. The number of rotatable bonds is 0. The molecule has 26 valence electrons. The minimum atomic E-state index is 0. The topological polar surface area (TPSA) is 0 Å². The van der Waals surface area contributed by atoms with Gasteiger partial charge in [0, 0.05) is 102 Å². The molecule has 0 aliphatic heterocycles. The Morgan fingerprint density at radius 1 is 1.00 bits per heavy atom. The van der Waals surface area contributed by atoms with Crippen molar-refractivity contribution >= 4 is 25.8 Å². The second kappa shape index (κ2) is 15.7. The quantitative estimate of drug-likeness (QED) is 0.306. The summed E-state index contributed by atoms with van der Waals surface area (Å²) < 4.78 is 0. The molecular weight excluding hydrogens is 601 g/mol. The first-order valence-corrected chi connectivity index (χ1v) is 0. The Bertz CT molecular complexity index is 8.00. The molecular formula is H3CeHoInTa. The molecule has 4 heavy (non-hydrogen) atoms. The van der Waals surface area contributed by atoms with Gasteiger partial charge in [-0.2, -0.15) is 0 Å². The molecule has 0 saturated carbocycles. The second-order valence-corrected chi connectivity index (χ2v) is 0. The van der Waals surface area contributed by atoms with Crippen molar-refractivity contribution in [2.45, 2.75) is 0 Å². The van der Waals surface area contributed by atoms with Crippen LogP contribution in [0.1, 0.15) is 0 Å². The molecule has 0 N–H and O–H groups in total. The van der Waals surface area contributed by atoms with Crippen LogP contribution in [0, 0.1) is 79.5 Å². The molecule has 0 nitrogen and oxygen atoms in total. The third-order valence-corrected chi connectivity index (χ3v) is 0. The largest absolute Gasteiger partial charge is 0 e. The van der Waals surface area contributed by atoms with E-state index in [1.54, 1.807) is 0 Å². The zero-order chi connectivity index (χ0) is 0. The van der Waals surface area contributed by atoms with Crippen LogP contribution in [0.5, 0.6) is 0 Å². The van der Waals surface area contributed by atoms with E-state index >= 15 is 0 Å². The maximum absolute atomic E-state index is 0. The molecule has 0 aromatic rings. The normalized spacial score (nSPS) is 0. The van der Waals surface area contributed by atoms with Crippen LogP contribution >= 0.6 is 0 Å². The Morgan fingerprint density at radius 2 is 1.00 bits per heavy atom. The van der Waals surface area contributed by atoms with E-state index in [1.807, 2.05) is 0 Å². The van der Waals surface area contributed by atoms with Crippen LogP contribution in [0.25, 0.3) is 0 Å². The van der Waals surface area contributed by atoms with Gasteiger partial charge in [0.15, 0.2) is 0 Å². The third kappa shape index (κ3) is 9.54. The summed E-state index contributed by atoms with van der Waals surface area (Å²) in [5, 5.41) is 0. The molecule has 0 unspecified atom stereocenters. The summed E-state index contributed by atoms with van der Waals surface area (Å²) >= 11 is 0. The fourth-order valence-corrected chi connectivity index (χ4v) is 0. The van der Waals surface area contributed by atoms with Gasteiger partial charge in [-0.05, 0) is 0 Å². The van der Waals surface area contributed by atoms with E-state index in [0.717, 1.165) is 0 Å². The van der Waals surface area contributed by atoms with Gasteiger partial charge in [0.2, 0.25) is 0 Å². The van der Waals surface area contributed by atoms with E-state index in [2.05, 4.69) is 0 Å². The summed E-state index contributed by atoms with van der Waals surface area (Å²) in [4.78, 5) is 0. The SMILES string of the molecule is [Ce].[Ho].[InH3].[Ta]. The zero-order valence-corrected chi connectivity index (χ0v) is 9.54. The fraction of sp³-hybridized carbons (Fsp3) is 0. The van der Waals surface area contributed by atoms with Gasteiger partial charge in [-0.3, -0.25) is 0 Å². The predicted molar refractivity (Wildman–Crippen MR) is 9.94 cm³/mol. The minimum absolute atomic E-state index is 0. The molecule has 0 fully saturated rings. The van der Waals surface area contributed by atoms with Gasteiger partial charge in [-0.15, -0.1) is 0 Å². The van der Waals surface area contributed by atoms with Crippen molar-refractivity contribution in [3.8, 4) is 0 Å². The Labute approximate surface area is 124 Å². The Morgan fingerprint density at radius 3 is 1.00 bits per heavy atom. The van der Waals surface area contributed by atoms with E-state index in [0.29, 0.717) is 0 Å². The van der Waals surface area contributed by atoms with E-state index < -0.39 is 0 Å². The molecule has 0 atom stereocenters. The van der Waals surface area contributed by atoms with Crippen LogP contribution in [-0.2, 0) is 22.4 Å². The second-order valence-electron chi connectivity index (χ2n) is 0. The molecule has 0 aromatic heterocycles. The Kier molecular flexibility index (Phi) is 94.1. The van der Waals surface area contributed by atoms with Gasteiger partial charge in [0.1, 0.15) is 0 Å². The van der Waals surface area contributed by atoms with Crippen molar-refractivity contribution in [2.75, 3.05) is 0 Å². The molecule has 0 heterocycles. The van der Waals surface area contributed by atoms with Gasteiger partial charge < -0.3 is 0 Å². The van der Waals surface area contributed by atoms with Crippen molar-refractivity contribution in [1.29, 1.82) is 0 Å². The Hall–Kier alpha value is 4.25. The van der Waals surface area contributed by atoms with E-state index in [4.69, 9.17) is 0 Å². The van der Waals surface area contributed by atoms with Crippen molar-refractivity contribution in [2.24, 2.45) is 0 Å². The van der Waals surface area contributed by atoms with E-state index in [1.165, 1.54) is 0 Å². The molecule has 0 saturated heterocycles. The zero-order valence-electron chi connectivity index (χ0n) is 1.25. The molecule has 0 aromatic carbocycles. The maximum Gasteiger partial charge on any atom is 0 e. The third-order valence-electron chi connectivity index (χ3n) is 0. The number of hydrogen-bond donors (Lipinski definition) is 0. The van der Waals surface area contributed by atoms with Gasteiger partial charge in [-0.25, -0.2) is 0 Å². The smallest absolute Gasteiger partial charge is 0 e. The first-order valence-electron chi connectivity index (χ1n) is 0. The molecule has 0 amide bonds. The minimum Gasteiger partial charge on any atom is 0 e. The van der Waals surface area contributed by atoms with Crippen molar-refractivity contribution < 1.29 is 102 Å². The summed E-state index contributed by atoms with van der Waals surface area (Å²) in [5.74, 6) is 0. The van der Waals surface area contributed by atoms with Crippen LogP contribution in [0.4, 0.5) is 0 Å². The van der Waals surface area contributed by atoms with E-state index in [9.17, 15) is 0 Å².